The predicted octanol–water partition coefficient (Wildman–Crippen LogP) is 2.88. The number of aromatic amines is 1. The monoisotopic (exact) mass is 325 g/mol. The summed E-state index contributed by atoms with van der Waals surface area (Å²) >= 11 is 6.25. The summed E-state index contributed by atoms with van der Waals surface area (Å²) < 4.78 is 29.0. The number of fused-ring (bicyclic) bond motifs is 1. The van der Waals surface area contributed by atoms with Crippen LogP contribution >= 0.6 is 11.6 Å². The number of amides is 1. The quantitative estimate of drug-likeness (QED) is 0.794. The molecule has 0 unspecified atom stereocenters. The van der Waals surface area contributed by atoms with E-state index >= 15 is 0 Å². The number of carbonyl (C=O) groups is 1. The molecule has 1 aliphatic heterocycles. The standard InChI is InChI=1S/C15H14ClF2N3O/c1-6-11(16)9-8(7-3-2-4-20-5-7)12(17)13(18)10(15(19)22)14(9)21-6/h3,20-21H,2,4-5H2,1H3,(H2,19,22). The highest BCUT2D eigenvalue weighted by Gasteiger charge is 2.28. The van der Waals surface area contributed by atoms with Gasteiger partial charge in [-0.15, -0.1) is 0 Å². The molecule has 22 heavy (non-hydrogen) atoms. The van der Waals surface area contributed by atoms with Crippen molar-refractivity contribution in [1.29, 1.82) is 0 Å². The first-order chi connectivity index (χ1) is 10.4. The molecule has 3 rings (SSSR count). The molecule has 7 heteroatoms. The average Bonchev–Trinajstić information content (AvgIpc) is 2.77. The fourth-order valence-electron chi connectivity index (χ4n) is 2.83. The van der Waals surface area contributed by atoms with E-state index in [-0.39, 0.29) is 16.1 Å². The third-order valence-electron chi connectivity index (χ3n) is 3.84. The van der Waals surface area contributed by atoms with Crippen molar-refractivity contribution in [2.24, 2.45) is 5.73 Å². The van der Waals surface area contributed by atoms with Gasteiger partial charge in [0.05, 0.1) is 10.5 Å². The minimum Gasteiger partial charge on any atom is -0.365 e. The first kappa shape index (κ1) is 15.0. The van der Waals surface area contributed by atoms with Crippen LogP contribution in [0.1, 0.15) is 28.0 Å². The van der Waals surface area contributed by atoms with Crippen molar-refractivity contribution in [2.75, 3.05) is 13.1 Å². The molecule has 1 aromatic heterocycles. The first-order valence-electron chi connectivity index (χ1n) is 6.82. The van der Waals surface area contributed by atoms with E-state index in [1.807, 2.05) is 6.08 Å². The van der Waals surface area contributed by atoms with Crippen molar-refractivity contribution < 1.29 is 13.6 Å². The van der Waals surface area contributed by atoms with Crippen LogP contribution in [0, 0.1) is 18.6 Å². The molecule has 1 aliphatic rings. The smallest absolute Gasteiger partial charge is 0.253 e. The molecule has 0 bridgehead atoms. The Morgan fingerprint density at radius 3 is 2.68 bits per heavy atom. The van der Waals surface area contributed by atoms with Gasteiger partial charge in [-0.2, -0.15) is 0 Å². The zero-order valence-corrected chi connectivity index (χ0v) is 12.6. The maximum atomic E-state index is 14.6. The van der Waals surface area contributed by atoms with Crippen LogP contribution in [0.5, 0.6) is 0 Å². The summed E-state index contributed by atoms with van der Waals surface area (Å²) in [6.07, 6.45) is 2.55. The van der Waals surface area contributed by atoms with Gasteiger partial charge >= 0.3 is 0 Å². The number of nitrogens with one attached hydrogen (secondary N) is 2. The van der Waals surface area contributed by atoms with Gasteiger partial charge in [-0.3, -0.25) is 4.79 Å². The SMILES string of the molecule is Cc1[nH]c2c(C(N)=O)c(F)c(F)c(C3=CCCNC3)c2c1Cl. The number of halogens is 3. The van der Waals surface area contributed by atoms with Crippen molar-refractivity contribution in [1.82, 2.24) is 10.3 Å². The van der Waals surface area contributed by atoms with Gasteiger partial charge in [0.25, 0.3) is 5.91 Å². The van der Waals surface area contributed by atoms with E-state index in [4.69, 9.17) is 17.3 Å². The molecule has 2 aromatic rings. The summed E-state index contributed by atoms with van der Waals surface area (Å²) in [5.74, 6) is -3.39. The Kier molecular flexibility index (Phi) is 3.66. The number of primary amides is 1. The number of rotatable bonds is 2. The van der Waals surface area contributed by atoms with Crippen molar-refractivity contribution in [3.05, 3.63) is 39.6 Å². The average molecular weight is 326 g/mol. The number of aromatic nitrogens is 1. The Morgan fingerprint density at radius 1 is 1.36 bits per heavy atom. The fraction of sp³-hybridized carbons (Fsp3) is 0.267. The maximum Gasteiger partial charge on any atom is 0.253 e. The van der Waals surface area contributed by atoms with Gasteiger partial charge in [0, 0.05) is 23.2 Å². The molecule has 0 fully saturated rings. The second-order valence-corrected chi connectivity index (χ2v) is 5.63. The van der Waals surface area contributed by atoms with Gasteiger partial charge < -0.3 is 16.0 Å². The van der Waals surface area contributed by atoms with E-state index < -0.39 is 23.1 Å². The second-order valence-electron chi connectivity index (χ2n) is 5.25. The van der Waals surface area contributed by atoms with Crippen molar-refractivity contribution >= 4 is 34.0 Å². The predicted molar refractivity (Wildman–Crippen MR) is 81.9 cm³/mol. The lowest BCUT2D eigenvalue weighted by Gasteiger charge is -2.17. The summed E-state index contributed by atoms with van der Waals surface area (Å²) in [6.45, 7) is 2.85. The molecule has 4 nitrogen and oxygen atoms in total. The highest BCUT2D eigenvalue weighted by molar-refractivity contribution is 6.37. The third-order valence-corrected chi connectivity index (χ3v) is 4.31. The number of carbonyl (C=O) groups excluding carboxylic acids is 1. The molecule has 1 amide bonds. The van der Waals surface area contributed by atoms with Crippen LogP contribution in [-0.2, 0) is 0 Å². The fourth-order valence-corrected chi connectivity index (χ4v) is 3.07. The van der Waals surface area contributed by atoms with Crippen LogP contribution in [0.2, 0.25) is 5.02 Å². The molecule has 0 aliphatic carbocycles. The summed E-state index contributed by atoms with van der Waals surface area (Å²) in [6, 6.07) is 0. The van der Waals surface area contributed by atoms with Gasteiger partial charge in [0.1, 0.15) is 5.56 Å². The van der Waals surface area contributed by atoms with Gasteiger partial charge in [-0.1, -0.05) is 17.7 Å². The van der Waals surface area contributed by atoms with Crippen LogP contribution in [0.25, 0.3) is 16.5 Å². The van der Waals surface area contributed by atoms with Crippen molar-refractivity contribution in [3.63, 3.8) is 0 Å². The lowest BCUT2D eigenvalue weighted by Crippen LogP contribution is -2.23. The van der Waals surface area contributed by atoms with Crippen molar-refractivity contribution in [3.8, 4) is 0 Å². The molecular formula is C15H14ClF2N3O. The van der Waals surface area contributed by atoms with Gasteiger partial charge in [0.15, 0.2) is 11.6 Å². The lowest BCUT2D eigenvalue weighted by atomic mass is 9.95. The summed E-state index contributed by atoms with van der Waals surface area (Å²) in [5.41, 5.74) is 6.05. The summed E-state index contributed by atoms with van der Waals surface area (Å²) in [5, 5.41) is 3.66. The summed E-state index contributed by atoms with van der Waals surface area (Å²) in [7, 11) is 0. The molecule has 4 N–H and O–H groups in total. The van der Waals surface area contributed by atoms with Crippen LogP contribution in [0.3, 0.4) is 0 Å². The van der Waals surface area contributed by atoms with Crippen molar-refractivity contribution in [2.45, 2.75) is 13.3 Å². The van der Waals surface area contributed by atoms with Crippen LogP contribution < -0.4 is 11.1 Å². The number of nitrogens with two attached hydrogens (primary N) is 1. The third kappa shape index (κ3) is 2.10. The highest BCUT2D eigenvalue weighted by atomic mass is 35.5. The van der Waals surface area contributed by atoms with E-state index in [9.17, 15) is 13.6 Å². The second kappa shape index (κ2) is 5.37. The normalized spacial score (nSPS) is 15.2. The highest BCUT2D eigenvalue weighted by Crippen LogP contribution is 2.39. The molecule has 0 saturated heterocycles. The molecule has 0 atom stereocenters. The van der Waals surface area contributed by atoms with E-state index in [1.54, 1.807) is 6.92 Å². The Hall–Kier alpha value is -1.92. The first-order valence-corrected chi connectivity index (χ1v) is 7.20. The zero-order valence-electron chi connectivity index (χ0n) is 11.8. The number of benzene rings is 1. The van der Waals surface area contributed by atoms with Crippen LogP contribution in [-0.4, -0.2) is 24.0 Å². The Labute approximate surface area is 130 Å². The molecule has 2 heterocycles. The van der Waals surface area contributed by atoms with Crippen LogP contribution in [0.15, 0.2) is 6.08 Å². The Morgan fingerprint density at radius 2 is 2.09 bits per heavy atom. The number of hydrogen-bond donors (Lipinski definition) is 3. The maximum absolute atomic E-state index is 14.6. The minimum absolute atomic E-state index is 0.0825. The van der Waals surface area contributed by atoms with Gasteiger partial charge in [-0.25, -0.2) is 8.78 Å². The number of H-pyrrole nitrogens is 1. The largest absolute Gasteiger partial charge is 0.365 e. The Bertz CT molecular complexity index is 826. The molecule has 0 radical (unpaired) electrons. The number of hydrogen-bond acceptors (Lipinski definition) is 2. The van der Waals surface area contributed by atoms with E-state index in [0.29, 0.717) is 29.6 Å². The minimum atomic E-state index is -1.25. The zero-order chi connectivity index (χ0) is 16.0. The van der Waals surface area contributed by atoms with E-state index in [1.165, 1.54) is 0 Å². The Balaban J connectivity index is 2.47. The summed E-state index contributed by atoms with van der Waals surface area (Å²) in [4.78, 5) is 14.4. The molecule has 1 aromatic carbocycles. The molecule has 0 spiro atoms. The topological polar surface area (TPSA) is 70.9 Å². The lowest BCUT2D eigenvalue weighted by molar-refractivity contribution is 0.0997. The van der Waals surface area contributed by atoms with E-state index in [2.05, 4.69) is 10.3 Å². The van der Waals surface area contributed by atoms with Gasteiger partial charge in [-0.05, 0) is 25.5 Å². The molecular weight excluding hydrogens is 312 g/mol. The van der Waals surface area contributed by atoms with Crippen LogP contribution in [0.4, 0.5) is 8.78 Å². The van der Waals surface area contributed by atoms with E-state index in [0.717, 1.165) is 6.54 Å². The molecule has 116 valence electrons. The molecule has 0 saturated carbocycles. The number of aryl methyl sites for hydroxylation is 1. The van der Waals surface area contributed by atoms with Gasteiger partial charge in [0.2, 0.25) is 0 Å².